The van der Waals surface area contributed by atoms with Crippen LogP contribution in [0.25, 0.3) is 6.08 Å². The summed E-state index contributed by atoms with van der Waals surface area (Å²) in [4.78, 5) is 11.2. The second-order valence-corrected chi connectivity index (χ2v) is 3.48. The van der Waals surface area contributed by atoms with E-state index in [-0.39, 0.29) is 5.97 Å². The highest BCUT2D eigenvalue weighted by molar-refractivity contribution is 9.12. The van der Waals surface area contributed by atoms with Crippen molar-refractivity contribution in [3.63, 3.8) is 0 Å². The summed E-state index contributed by atoms with van der Waals surface area (Å²) in [5.41, 5.74) is 0.965. The minimum Gasteiger partial charge on any atom is -0.462 e. The van der Waals surface area contributed by atoms with Gasteiger partial charge in [0.1, 0.15) is 4.48 Å². The van der Waals surface area contributed by atoms with Gasteiger partial charge in [-0.2, -0.15) is 0 Å². The molecule has 0 spiro atoms. The molecule has 0 bridgehead atoms. The molecule has 0 fully saturated rings. The van der Waals surface area contributed by atoms with E-state index < -0.39 is 0 Å². The average molecular weight is 255 g/mol. The summed E-state index contributed by atoms with van der Waals surface area (Å²) in [6.45, 7) is 2.16. The van der Waals surface area contributed by atoms with E-state index in [2.05, 4.69) is 15.9 Å². The number of esters is 1. The minimum absolute atomic E-state index is 0.337. The Labute approximate surface area is 91.7 Å². The number of rotatable bonds is 3. The van der Waals surface area contributed by atoms with Crippen LogP contribution in [0.15, 0.2) is 34.8 Å². The molecule has 0 saturated carbocycles. The molecule has 1 rings (SSSR count). The maximum atomic E-state index is 11.2. The quantitative estimate of drug-likeness (QED) is 0.613. The third kappa shape index (κ3) is 3.34. The fourth-order valence-corrected chi connectivity index (χ4v) is 1.33. The van der Waals surface area contributed by atoms with Crippen LogP contribution in [0, 0.1) is 0 Å². The molecule has 0 radical (unpaired) electrons. The zero-order chi connectivity index (χ0) is 10.4. The number of hydrogen-bond donors (Lipinski definition) is 0. The molecule has 3 heteroatoms. The van der Waals surface area contributed by atoms with Gasteiger partial charge in [-0.05, 0) is 34.5 Å². The van der Waals surface area contributed by atoms with Gasteiger partial charge in [0.05, 0.1) is 6.61 Å². The lowest BCUT2D eigenvalue weighted by atomic mass is 10.2. The minimum atomic E-state index is -0.337. The summed E-state index contributed by atoms with van der Waals surface area (Å²) in [5.74, 6) is -0.337. The molecule has 1 aromatic rings. The first-order valence-electron chi connectivity index (χ1n) is 4.33. The standard InChI is InChI=1S/C11H11BrO2/c1-2-14-11(13)10(12)8-9-6-4-3-5-7-9/h3-8H,2H2,1H3/b10-8-. The maximum Gasteiger partial charge on any atom is 0.345 e. The summed E-state index contributed by atoms with van der Waals surface area (Å²) < 4.78 is 5.26. The second-order valence-electron chi connectivity index (χ2n) is 2.62. The Balaban J connectivity index is 2.74. The Morgan fingerprint density at radius 3 is 2.64 bits per heavy atom. The number of carbonyl (C=O) groups excluding carboxylic acids is 1. The fourth-order valence-electron chi connectivity index (χ4n) is 0.955. The predicted octanol–water partition coefficient (Wildman–Crippen LogP) is 2.99. The fraction of sp³-hybridized carbons (Fsp3) is 0.182. The zero-order valence-electron chi connectivity index (χ0n) is 7.87. The van der Waals surface area contributed by atoms with Crippen LogP contribution in [0.2, 0.25) is 0 Å². The van der Waals surface area contributed by atoms with Gasteiger partial charge >= 0.3 is 5.97 Å². The molecule has 0 unspecified atom stereocenters. The van der Waals surface area contributed by atoms with Crippen molar-refractivity contribution in [2.75, 3.05) is 6.61 Å². The molecule has 0 heterocycles. The van der Waals surface area contributed by atoms with Crippen LogP contribution in [0.1, 0.15) is 12.5 Å². The molecule has 0 saturated heterocycles. The number of benzene rings is 1. The lowest BCUT2D eigenvalue weighted by Crippen LogP contribution is -2.02. The van der Waals surface area contributed by atoms with E-state index >= 15 is 0 Å². The summed E-state index contributed by atoms with van der Waals surface area (Å²) in [6, 6.07) is 9.59. The Bertz CT molecular complexity index is 330. The van der Waals surface area contributed by atoms with Gasteiger partial charge in [0, 0.05) is 0 Å². The number of halogens is 1. The Kier molecular flexibility index (Phi) is 4.40. The van der Waals surface area contributed by atoms with Gasteiger partial charge < -0.3 is 4.74 Å². The average Bonchev–Trinajstić information content (AvgIpc) is 2.19. The number of ether oxygens (including phenoxy) is 1. The van der Waals surface area contributed by atoms with Gasteiger partial charge in [-0.25, -0.2) is 4.79 Å². The molecule has 0 aliphatic heterocycles. The smallest absolute Gasteiger partial charge is 0.345 e. The molecule has 14 heavy (non-hydrogen) atoms. The van der Waals surface area contributed by atoms with Crippen molar-refractivity contribution in [3.05, 3.63) is 40.4 Å². The van der Waals surface area contributed by atoms with Crippen LogP contribution >= 0.6 is 15.9 Å². The first-order valence-corrected chi connectivity index (χ1v) is 5.12. The van der Waals surface area contributed by atoms with E-state index in [0.29, 0.717) is 11.1 Å². The number of carbonyl (C=O) groups is 1. The lowest BCUT2D eigenvalue weighted by Gasteiger charge is -1.99. The summed E-state index contributed by atoms with van der Waals surface area (Å²) in [7, 11) is 0. The molecule has 0 aromatic heterocycles. The Morgan fingerprint density at radius 2 is 2.07 bits per heavy atom. The number of hydrogen-bond acceptors (Lipinski definition) is 2. The maximum absolute atomic E-state index is 11.2. The monoisotopic (exact) mass is 254 g/mol. The highest BCUT2D eigenvalue weighted by Crippen LogP contribution is 2.13. The normalized spacial score (nSPS) is 11.1. The second kappa shape index (κ2) is 5.60. The van der Waals surface area contributed by atoms with Crippen molar-refractivity contribution in [2.24, 2.45) is 0 Å². The van der Waals surface area contributed by atoms with Crippen LogP contribution in [0.5, 0.6) is 0 Å². The highest BCUT2D eigenvalue weighted by atomic mass is 79.9. The molecule has 0 atom stereocenters. The molecule has 0 aliphatic carbocycles. The van der Waals surface area contributed by atoms with Crippen molar-refractivity contribution in [1.29, 1.82) is 0 Å². The van der Waals surface area contributed by atoms with E-state index in [4.69, 9.17) is 4.74 Å². The summed E-state index contributed by atoms with van der Waals surface area (Å²) >= 11 is 3.17. The largest absolute Gasteiger partial charge is 0.462 e. The molecular weight excluding hydrogens is 244 g/mol. The zero-order valence-corrected chi connectivity index (χ0v) is 9.45. The van der Waals surface area contributed by atoms with Crippen LogP contribution in [0.3, 0.4) is 0 Å². The highest BCUT2D eigenvalue weighted by Gasteiger charge is 2.05. The van der Waals surface area contributed by atoms with E-state index in [1.54, 1.807) is 13.0 Å². The van der Waals surface area contributed by atoms with Gasteiger partial charge in [0.15, 0.2) is 0 Å². The van der Waals surface area contributed by atoms with Crippen LogP contribution < -0.4 is 0 Å². The molecule has 0 N–H and O–H groups in total. The molecular formula is C11H11BrO2. The lowest BCUT2D eigenvalue weighted by molar-refractivity contribution is -0.137. The summed E-state index contributed by atoms with van der Waals surface area (Å²) in [5, 5.41) is 0. The first kappa shape index (κ1) is 11.0. The summed E-state index contributed by atoms with van der Waals surface area (Å²) in [6.07, 6.45) is 1.73. The van der Waals surface area contributed by atoms with Gasteiger partial charge in [-0.15, -0.1) is 0 Å². The Hall–Kier alpha value is -1.09. The van der Waals surface area contributed by atoms with Crippen LogP contribution in [-0.2, 0) is 9.53 Å². The molecule has 0 amide bonds. The van der Waals surface area contributed by atoms with E-state index in [1.165, 1.54) is 0 Å². The van der Waals surface area contributed by atoms with Crippen molar-refractivity contribution in [1.82, 2.24) is 0 Å². The first-order chi connectivity index (χ1) is 6.74. The Morgan fingerprint density at radius 1 is 1.43 bits per heavy atom. The predicted molar refractivity (Wildman–Crippen MR) is 60.0 cm³/mol. The van der Waals surface area contributed by atoms with E-state index in [0.717, 1.165) is 5.56 Å². The van der Waals surface area contributed by atoms with Gasteiger partial charge in [-0.3, -0.25) is 0 Å². The van der Waals surface area contributed by atoms with Gasteiger partial charge in [-0.1, -0.05) is 30.3 Å². The van der Waals surface area contributed by atoms with Gasteiger partial charge in [0.25, 0.3) is 0 Å². The molecule has 0 aliphatic rings. The van der Waals surface area contributed by atoms with Crippen LogP contribution in [0.4, 0.5) is 0 Å². The molecule has 1 aromatic carbocycles. The third-order valence-corrected chi connectivity index (χ3v) is 2.12. The van der Waals surface area contributed by atoms with E-state index in [9.17, 15) is 4.79 Å². The van der Waals surface area contributed by atoms with Crippen molar-refractivity contribution in [3.8, 4) is 0 Å². The van der Waals surface area contributed by atoms with Crippen LogP contribution in [-0.4, -0.2) is 12.6 Å². The molecule has 74 valence electrons. The SMILES string of the molecule is CCOC(=O)/C(Br)=C/c1ccccc1. The molecule has 2 nitrogen and oxygen atoms in total. The van der Waals surface area contributed by atoms with Crippen molar-refractivity contribution >= 4 is 28.0 Å². The van der Waals surface area contributed by atoms with Crippen molar-refractivity contribution in [2.45, 2.75) is 6.92 Å². The van der Waals surface area contributed by atoms with Gasteiger partial charge in [0.2, 0.25) is 0 Å². The van der Waals surface area contributed by atoms with E-state index in [1.807, 2.05) is 30.3 Å². The topological polar surface area (TPSA) is 26.3 Å². The third-order valence-electron chi connectivity index (χ3n) is 1.56. The van der Waals surface area contributed by atoms with Crippen molar-refractivity contribution < 1.29 is 9.53 Å².